The van der Waals surface area contributed by atoms with Crippen molar-refractivity contribution in [3.63, 3.8) is 0 Å². The van der Waals surface area contributed by atoms with Gasteiger partial charge in [0, 0.05) is 0 Å². The first-order valence-corrected chi connectivity index (χ1v) is 8.47. The van der Waals surface area contributed by atoms with Gasteiger partial charge in [0.05, 0.1) is 0 Å². The molecule has 0 aromatic carbocycles. The monoisotopic (exact) mass is 236 g/mol. The van der Waals surface area contributed by atoms with Crippen LogP contribution in [-0.2, 0) is 0 Å². The summed E-state index contributed by atoms with van der Waals surface area (Å²) in [5.41, 5.74) is 0. The average Bonchev–Trinajstić information content (AvgIpc) is 2.55. The van der Waals surface area contributed by atoms with E-state index in [1.807, 2.05) is 0 Å². The van der Waals surface area contributed by atoms with E-state index >= 15 is 0 Å². The van der Waals surface area contributed by atoms with Crippen molar-refractivity contribution in [2.75, 3.05) is 0 Å². The lowest BCUT2D eigenvalue weighted by Crippen LogP contribution is -2.14. The van der Waals surface area contributed by atoms with Crippen LogP contribution < -0.4 is 0 Å². The standard InChI is InChI=1S/C17H32/c1-2-4-6-9-13-17-15-11-7-10-14-16(17)12-8-5-3-1/h16-17H,1-15H2. The fourth-order valence-electron chi connectivity index (χ4n) is 4.10. The van der Waals surface area contributed by atoms with E-state index in [4.69, 9.17) is 0 Å². The topological polar surface area (TPSA) is 0 Å². The molecule has 2 aliphatic carbocycles. The van der Waals surface area contributed by atoms with Crippen LogP contribution in [0, 0.1) is 11.8 Å². The molecule has 0 nitrogen and oxygen atoms in total. The predicted octanol–water partition coefficient (Wildman–Crippen LogP) is 6.10. The summed E-state index contributed by atoms with van der Waals surface area (Å²) in [6.45, 7) is 0. The van der Waals surface area contributed by atoms with Crippen molar-refractivity contribution in [2.45, 2.75) is 96.3 Å². The van der Waals surface area contributed by atoms with Crippen LogP contribution in [0.4, 0.5) is 0 Å². The molecule has 0 radical (unpaired) electrons. The molecule has 0 aromatic heterocycles. The van der Waals surface area contributed by atoms with Gasteiger partial charge in [0.1, 0.15) is 0 Å². The smallest absolute Gasteiger partial charge is 0.0386 e. The minimum absolute atomic E-state index is 1.11. The molecule has 0 heteroatoms. The van der Waals surface area contributed by atoms with Gasteiger partial charge in [-0.3, -0.25) is 0 Å². The molecule has 2 rings (SSSR count). The molecule has 0 aromatic rings. The van der Waals surface area contributed by atoms with Gasteiger partial charge in [-0.05, 0) is 11.8 Å². The Morgan fingerprint density at radius 3 is 0.882 bits per heavy atom. The minimum Gasteiger partial charge on any atom is -0.0533 e. The Morgan fingerprint density at radius 1 is 0.294 bits per heavy atom. The highest BCUT2D eigenvalue weighted by atomic mass is 14.3. The molecule has 0 N–H and O–H groups in total. The Bertz CT molecular complexity index is 164. The molecule has 17 heavy (non-hydrogen) atoms. The maximum absolute atomic E-state index is 1.56. The Labute approximate surface area is 109 Å². The Hall–Kier alpha value is 0. The zero-order valence-electron chi connectivity index (χ0n) is 11.8. The SMILES string of the molecule is C1CCCCCC2CCCCCC2CCCC1. The van der Waals surface area contributed by atoms with Crippen LogP contribution in [0.25, 0.3) is 0 Å². The Kier molecular flexibility index (Phi) is 6.45. The first kappa shape index (κ1) is 13.4. The van der Waals surface area contributed by atoms with E-state index in [9.17, 15) is 0 Å². The maximum atomic E-state index is 1.56. The van der Waals surface area contributed by atoms with E-state index in [0.717, 1.165) is 11.8 Å². The van der Waals surface area contributed by atoms with Crippen LogP contribution in [0.2, 0.25) is 0 Å². The third-order valence-corrected chi connectivity index (χ3v) is 5.22. The van der Waals surface area contributed by atoms with E-state index in [0.29, 0.717) is 0 Å². The normalized spacial score (nSPS) is 33.9. The molecule has 2 atom stereocenters. The highest BCUT2D eigenvalue weighted by molar-refractivity contribution is 4.74. The highest BCUT2D eigenvalue weighted by Gasteiger charge is 2.22. The van der Waals surface area contributed by atoms with E-state index in [2.05, 4.69) is 0 Å². The zero-order chi connectivity index (χ0) is 11.8. The number of fused-ring (bicyclic) bond motifs is 1. The summed E-state index contributed by atoms with van der Waals surface area (Å²) >= 11 is 0. The van der Waals surface area contributed by atoms with Crippen LogP contribution in [0.3, 0.4) is 0 Å². The van der Waals surface area contributed by atoms with Gasteiger partial charge in [-0.15, -0.1) is 0 Å². The van der Waals surface area contributed by atoms with Crippen molar-refractivity contribution < 1.29 is 0 Å². The molecule has 0 bridgehead atoms. The summed E-state index contributed by atoms with van der Waals surface area (Å²) in [7, 11) is 0. The number of rotatable bonds is 0. The molecule has 0 aliphatic heterocycles. The summed E-state index contributed by atoms with van der Waals surface area (Å²) in [5, 5.41) is 0. The molecule has 0 amide bonds. The van der Waals surface area contributed by atoms with Gasteiger partial charge in [-0.2, -0.15) is 0 Å². The maximum Gasteiger partial charge on any atom is -0.0386 e. The van der Waals surface area contributed by atoms with E-state index in [1.165, 1.54) is 70.6 Å². The second kappa shape index (κ2) is 8.16. The largest absolute Gasteiger partial charge is 0.0533 e. The second-order valence-corrected chi connectivity index (χ2v) is 6.56. The molecule has 0 spiro atoms. The van der Waals surface area contributed by atoms with Crippen molar-refractivity contribution in [1.82, 2.24) is 0 Å². The first-order valence-electron chi connectivity index (χ1n) is 8.47. The molecule has 0 saturated heterocycles. The summed E-state index contributed by atoms with van der Waals surface area (Å²) in [4.78, 5) is 0. The number of hydrogen-bond donors (Lipinski definition) is 0. The molecule has 2 saturated carbocycles. The van der Waals surface area contributed by atoms with Crippen molar-refractivity contribution in [3.8, 4) is 0 Å². The lowest BCUT2D eigenvalue weighted by Gasteiger charge is -2.25. The fourth-order valence-corrected chi connectivity index (χ4v) is 4.10. The fraction of sp³-hybridized carbons (Fsp3) is 1.00. The van der Waals surface area contributed by atoms with Gasteiger partial charge in [-0.1, -0.05) is 96.3 Å². The van der Waals surface area contributed by atoms with E-state index in [1.54, 1.807) is 25.7 Å². The molecular weight excluding hydrogens is 204 g/mol. The zero-order valence-corrected chi connectivity index (χ0v) is 11.8. The third kappa shape index (κ3) is 5.02. The quantitative estimate of drug-likeness (QED) is 0.477. The molecule has 100 valence electrons. The van der Waals surface area contributed by atoms with Gasteiger partial charge >= 0.3 is 0 Å². The highest BCUT2D eigenvalue weighted by Crippen LogP contribution is 2.36. The van der Waals surface area contributed by atoms with E-state index < -0.39 is 0 Å². The van der Waals surface area contributed by atoms with Crippen molar-refractivity contribution in [1.29, 1.82) is 0 Å². The molecule has 0 heterocycles. The van der Waals surface area contributed by atoms with Gasteiger partial charge in [0.15, 0.2) is 0 Å². The van der Waals surface area contributed by atoms with Crippen LogP contribution in [0.1, 0.15) is 96.3 Å². The lowest BCUT2D eigenvalue weighted by molar-refractivity contribution is 0.260. The Morgan fingerprint density at radius 2 is 0.529 bits per heavy atom. The first-order chi connectivity index (χ1) is 8.47. The second-order valence-electron chi connectivity index (χ2n) is 6.56. The molecule has 2 unspecified atom stereocenters. The summed E-state index contributed by atoms with van der Waals surface area (Å²) in [6.07, 6.45) is 23.0. The Balaban J connectivity index is 1.83. The van der Waals surface area contributed by atoms with Gasteiger partial charge in [0.2, 0.25) is 0 Å². The van der Waals surface area contributed by atoms with Gasteiger partial charge < -0.3 is 0 Å². The van der Waals surface area contributed by atoms with Crippen molar-refractivity contribution in [3.05, 3.63) is 0 Å². The summed E-state index contributed by atoms with van der Waals surface area (Å²) in [6, 6.07) is 0. The van der Waals surface area contributed by atoms with E-state index in [-0.39, 0.29) is 0 Å². The third-order valence-electron chi connectivity index (χ3n) is 5.22. The van der Waals surface area contributed by atoms with Crippen LogP contribution in [0.15, 0.2) is 0 Å². The minimum atomic E-state index is 1.11. The van der Waals surface area contributed by atoms with Crippen LogP contribution in [-0.4, -0.2) is 0 Å². The molecular formula is C17H32. The average molecular weight is 236 g/mol. The summed E-state index contributed by atoms with van der Waals surface area (Å²) < 4.78 is 0. The van der Waals surface area contributed by atoms with Crippen LogP contribution >= 0.6 is 0 Å². The van der Waals surface area contributed by atoms with Crippen molar-refractivity contribution in [2.24, 2.45) is 11.8 Å². The molecule has 2 aliphatic rings. The predicted molar refractivity (Wildman–Crippen MR) is 76.2 cm³/mol. The van der Waals surface area contributed by atoms with Crippen molar-refractivity contribution >= 4 is 0 Å². The lowest BCUT2D eigenvalue weighted by atomic mass is 9.80. The van der Waals surface area contributed by atoms with Gasteiger partial charge in [-0.25, -0.2) is 0 Å². The summed E-state index contributed by atoms with van der Waals surface area (Å²) in [5.74, 6) is 2.22. The van der Waals surface area contributed by atoms with Crippen LogP contribution in [0.5, 0.6) is 0 Å². The molecule has 2 fully saturated rings. The van der Waals surface area contributed by atoms with Gasteiger partial charge in [0.25, 0.3) is 0 Å². The number of hydrogen-bond acceptors (Lipinski definition) is 0.